The summed E-state index contributed by atoms with van der Waals surface area (Å²) in [6.45, 7) is 4.43. The van der Waals surface area contributed by atoms with Crippen molar-refractivity contribution in [3.05, 3.63) is 0 Å². The van der Waals surface area contributed by atoms with Gasteiger partial charge in [0.25, 0.3) is 0 Å². The molecule has 2 rings (SSSR count). The highest BCUT2D eigenvalue weighted by molar-refractivity contribution is 7.89. The van der Waals surface area contributed by atoms with Crippen molar-refractivity contribution in [1.29, 1.82) is 0 Å². The molecule has 0 aromatic heterocycles. The zero-order chi connectivity index (χ0) is 10.9. The molecule has 1 atom stereocenters. The van der Waals surface area contributed by atoms with Gasteiger partial charge >= 0.3 is 0 Å². The summed E-state index contributed by atoms with van der Waals surface area (Å²) in [5, 5.41) is 3.07. The molecule has 0 saturated carbocycles. The molecule has 2 aliphatic heterocycles. The van der Waals surface area contributed by atoms with Crippen molar-refractivity contribution >= 4 is 10.0 Å². The molecule has 1 unspecified atom stereocenters. The zero-order valence-electron chi connectivity index (χ0n) is 9.28. The Morgan fingerprint density at radius 1 is 1.20 bits per heavy atom. The highest BCUT2D eigenvalue weighted by Crippen LogP contribution is 2.26. The number of rotatable bonds is 2. The van der Waals surface area contributed by atoms with E-state index in [0.717, 1.165) is 45.3 Å². The molecular formula is C10H20N2O2S. The molecule has 4 nitrogen and oxygen atoms in total. The Balaban J connectivity index is 2.10. The Labute approximate surface area is 92.1 Å². The summed E-state index contributed by atoms with van der Waals surface area (Å²) in [4.78, 5) is 0. The largest absolute Gasteiger partial charge is 0.317 e. The maximum Gasteiger partial charge on any atom is 0.217 e. The number of nitrogens with one attached hydrogen (secondary N) is 1. The molecule has 0 bridgehead atoms. The Kier molecular flexibility index (Phi) is 3.33. The number of sulfonamides is 1. The van der Waals surface area contributed by atoms with Gasteiger partial charge in [-0.3, -0.25) is 0 Å². The molecule has 5 heteroatoms. The Morgan fingerprint density at radius 2 is 1.87 bits per heavy atom. The molecule has 2 fully saturated rings. The van der Waals surface area contributed by atoms with Gasteiger partial charge in [0.15, 0.2) is 0 Å². The first-order valence-electron chi connectivity index (χ1n) is 5.84. The second-order valence-corrected chi connectivity index (χ2v) is 6.76. The van der Waals surface area contributed by atoms with E-state index in [0.29, 0.717) is 0 Å². The van der Waals surface area contributed by atoms with Crippen molar-refractivity contribution in [1.82, 2.24) is 9.62 Å². The second-order valence-electron chi connectivity index (χ2n) is 4.60. The van der Waals surface area contributed by atoms with Crippen LogP contribution in [0.2, 0.25) is 0 Å². The molecule has 88 valence electrons. The Hall–Kier alpha value is -0.130. The van der Waals surface area contributed by atoms with E-state index >= 15 is 0 Å². The van der Waals surface area contributed by atoms with Gasteiger partial charge in [0.2, 0.25) is 10.0 Å². The fraction of sp³-hybridized carbons (Fsp3) is 1.00. The average Bonchev–Trinajstić information content (AvgIpc) is 2.66. The van der Waals surface area contributed by atoms with Gasteiger partial charge in [0, 0.05) is 12.6 Å². The van der Waals surface area contributed by atoms with Gasteiger partial charge in [-0.2, -0.15) is 4.31 Å². The average molecular weight is 232 g/mol. The van der Waals surface area contributed by atoms with Crippen LogP contribution in [-0.4, -0.2) is 43.6 Å². The summed E-state index contributed by atoms with van der Waals surface area (Å²) in [7, 11) is -3.02. The maximum absolute atomic E-state index is 12.3. The lowest BCUT2D eigenvalue weighted by molar-refractivity contribution is 0.387. The summed E-state index contributed by atoms with van der Waals surface area (Å²) in [6.07, 6.45) is 3.58. The quantitative estimate of drug-likeness (QED) is 0.756. The van der Waals surface area contributed by atoms with Crippen molar-refractivity contribution in [3.8, 4) is 0 Å². The molecule has 2 heterocycles. The number of hydrogen-bond acceptors (Lipinski definition) is 3. The monoisotopic (exact) mass is 232 g/mol. The van der Waals surface area contributed by atoms with Crippen LogP contribution in [0.4, 0.5) is 0 Å². The van der Waals surface area contributed by atoms with Gasteiger partial charge in [-0.1, -0.05) is 0 Å². The third kappa shape index (κ3) is 2.19. The lowest BCUT2D eigenvalue weighted by Crippen LogP contribution is -2.45. The first-order chi connectivity index (χ1) is 7.12. The summed E-state index contributed by atoms with van der Waals surface area (Å²) in [5.74, 6) is 0. The fourth-order valence-electron chi connectivity index (χ4n) is 2.57. The molecule has 0 aromatic carbocycles. The summed E-state index contributed by atoms with van der Waals surface area (Å²) >= 11 is 0. The lowest BCUT2D eigenvalue weighted by atomic mass is 10.2. The van der Waals surface area contributed by atoms with Crippen LogP contribution in [0.5, 0.6) is 0 Å². The number of hydrogen-bond donors (Lipinski definition) is 1. The molecule has 0 aromatic rings. The predicted octanol–water partition coefficient (Wildman–Crippen LogP) is 0.552. The van der Waals surface area contributed by atoms with Crippen molar-refractivity contribution in [2.24, 2.45) is 0 Å². The van der Waals surface area contributed by atoms with Crippen molar-refractivity contribution in [2.45, 2.75) is 43.9 Å². The zero-order valence-corrected chi connectivity index (χ0v) is 10.1. The molecule has 1 N–H and O–H groups in total. The van der Waals surface area contributed by atoms with Crippen LogP contribution in [0.15, 0.2) is 0 Å². The smallest absolute Gasteiger partial charge is 0.217 e. The molecular weight excluding hydrogens is 212 g/mol. The third-order valence-corrected chi connectivity index (χ3v) is 6.04. The van der Waals surface area contributed by atoms with Crippen LogP contribution in [0.1, 0.15) is 32.6 Å². The lowest BCUT2D eigenvalue weighted by Gasteiger charge is -2.29. The predicted molar refractivity (Wildman–Crippen MR) is 60.2 cm³/mol. The standard InChI is InChI=1S/C10H20N2O2S/c1-9-3-2-8-12(9)15(13,14)10-4-6-11-7-5-10/h9-11H,2-8H2,1H3. The third-order valence-electron chi connectivity index (χ3n) is 3.53. The topological polar surface area (TPSA) is 49.4 Å². The SMILES string of the molecule is CC1CCCN1S(=O)(=O)C1CCNCC1. The summed E-state index contributed by atoms with van der Waals surface area (Å²) < 4.78 is 26.3. The Morgan fingerprint density at radius 3 is 2.40 bits per heavy atom. The first kappa shape index (κ1) is 11.4. The molecule has 0 radical (unpaired) electrons. The number of piperidine rings is 1. The van der Waals surface area contributed by atoms with E-state index in [2.05, 4.69) is 5.32 Å². The minimum atomic E-state index is -3.02. The Bertz CT molecular complexity index is 309. The van der Waals surface area contributed by atoms with E-state index in [1.165, 1.54) is 0 Å². The molecule has 0 amide bonds. The van der Waals surface area contributed by atoms with E-state index in [-0.39, 0.29) is 11.3 Å². The molecule has 2 aliphatic rings. The maximum atomic E-state index is 12.3. The van der Waals surface area contributed by atoms with Crippen molar-refractivity contribution in [2.75, 3.05) is 19.6 Å². The van der Waals surface area contributed by atoms with Crippen molar-refractivity contribution < 1.29 is 8.42 Å². The van der Waals surface area contributed by atoms with Crippen LogP contribution >= 0.6 is 0 Å². The van der Waals surface area contributed by atoms with E-state index in [1.54, 1.807) is 4.31 Å². The summed E-state index contributed by atoms with van der Waals surface area (Å²) in [6, 6.07) is 0.213. The van der Waals surface area contributed by atoms with Crippen LogP contribution in [-0.2, 0) is 10.0 Å². The van der Waals surface area contributed by atoms with Gasteiger partial charge in [0.1, 0.15) is 0 Å². The number of nitrogens with zero attached hydrogens (tertiary/aromatic N) is 1. The minimum absolute atomic E-state index is 0.140. The van der Waals surface area contributed by atoms with Gasteiger partial charge in [-0.15, -0.1) is 0 Å². The fourth-order valence-corrected chi connectivity index (χ4v) is 4.77. The van der Waals surface area contributed by atoms with Crippen LogP contribution in [0.3, 0.4) is 0 Å². The van der Waals surface area contributed by atoms with Gasteiger partial charge in [-0.25, -0.2) is 8.42 Å². The molecule has 15 heavy (non-hydrogen) atoms. The van der Waals surface area contributed by atoms with Gasteiger partial charge in [0.05, 0.1) is 5.25 Å². The van der Waals surface area contributed by atoms with Crippen LogP contribution in [0, 0.1) is 0 Å². The van der Waals surface area contributed by atoms with Crippen molar-refractivity contribution in [3.63, 3.8) is 0 Å². The molecule has 0 spiro atoms. The molecule has 2 saturated heterocycles. The van der Waals surface area contributed by atoms with E-state index in [4.69, 9.17) is 0 Å². The van der Waals surface area contributed by atoms with Gasteiger partial charge in [-0.05, 0) is 45.7 Å². The highest BCUT2D eigenvalue weighted by Gasteiger charge is 2.37. The van der Waals surface area contributed by atoms with E-state index in [9.17, 15) is 8.42 Å². The van der Waals surface area contributed by atoms with Crippen LogP contribution in [0.25, 0.3) is 0 Å². The molecule has 0 aliphatic carbocycles. The normalized spacial score (nSPS) is 30.9. The van der Waals surface area contributed by atoms with E-state index < -0.39 is 10.0 Å². The van der Waals surface area contributed by atoms with Crippen LogP contribution < -0.4 is 5.32 Å². The highest BCUT2D eigenvalue weighted by atomic mass is 32.2. The first-order valence-corrected chi connectivity index (χ1v) is 7.34. The van der Waals surface area contributed by atoms with E-state index in [1.807, 2.05) is 6.92 Å². The summed E-state index contributed by atoms with van der Waals surface area (Å²) in [5.41, 5.74) is 0. The minimum Gasteiger partial charge on any atom is -0.317 e. The second kappa shape index (κ2) is 4.39. The van der Waals surface area contributed by atoms with Gasteiger partial charge < -0.3 is 5.32 Å².